The molecule has 3 aromatic rings. The standard InChI is InChI=1S/C22H24N2O3/c1-16-6-9-21(27-16)20(24-10-12-26-13-11-24)15-23-22(25)19-8-7-17-4-2-3-5-18(17)14-19/h2-9,14,20H,10-13,15H2,1H3,(H,23,25). The number of fused-ring (bicyclic) bond motifs is 1. The molecular weight excluding hydrogens is 340 g/mol. The Bertz CT molecular complexity index is 928. The molecule has 1 N–H and O–H groups in total. The molecule has 0 spiro atoms. The molecule has 27 heavy (non-hydrogen) atoms. The molecule has 1 unspecified atom stereocenters. The number of nitrogens with one attached hydrogen (secondary N) is 1. The lowest BCUT2D eigenvalue weighted by atomic mass is 10.1. The monoisotopic (exact) mass is 364 g/mol. The van der Waals surface area contributed by atoms with Crippen molar-refractivity contribution in [3.05, 3.63) is 71.7 Å². The van der Waals surface area contributed by atoms with Crippen LogP contribution in [0.25, 0.3) is 10.8 Å². The molecule has 140 valence electrons. The van der Waals surface area contributed by atoms with E-state index in [0.717, 1.165) is 35.4 Å². The van der Waals surface area contributed by atoms with Crippen molar-refractivity contribution >= 4 is 16.7 Å². The van der Waals surface area contributed by atoms with E-state index >= 15 is 0 Å². The van der Waals surface area contributed by atoms with Crippen LogP contribution in [0.4, 0.5) is 0 Å². The van der Waals surface area contributed by atoms with Crippen molar-refractivity contribution in [3.63, 3.8) is 0 Å². The molecule has 4 rings (SSSR count). The van der Waals surface area contributed by atoms with Crippen LogP contribution in [0.3, 0.4) is 0 Å². The van der Waals surface area contributed by atoms with Crippen molar-refractivity contribution in [1.82, 2.24) is 10.2 Å². The summed E-state index contributed by atoms with van der Waals surface area (Å²) in [7, 11) is 0. The topological polar surface area (TPSA) is 54.7 Å². The van der Waals surface area contributed by atoms with Gasteiger partial charge in [-0.1, -0.05) is 30.3 Å². The van der Waals surface area contributed by atoms with Gasteiger partial charge in [-0.15, -0.1) is 0 Å². The predicted octanol–water partition coefficient (Wildman–Crippen LogP) is 3.54. The first-order valence-electron chi connectivity index (χ1n) is 9.36. The Hall–Kier alpha value is -2.63. The molecule has 1 aliphatic rings. The van der Waals surface area contributed by atoms with Crippen LogP contribution in [0.5, 0.6) is 0 Å². The van der Waals surface area contributed by atoms with E-state index in [1.807, 2.05) is 61.5 Å². The van der Waals surface area contributed by atoms with Gasteiger partial charge in [0.15, 0.2) is 0 Å². The van der Waals surface area contributed by atoms with Crippen molar-refractivity contribution in [2.75, 3.05) is 32.8 Å². The summed E-state index contributed by atoms with van der Waals surface area (Å²) in [4.78, 5) is 15.0. The Morgan fingerprint density at radius 2 is 1.85 bits per heavy atom. The number of carbonyl (C=O) groups is 1. The fourth-order valence-electron chi connectivity index (χ4n) is 3.55. The highest BCUT2D eigenvalue weighted by Gasteiger charge is 2.25. The molecule has 1 atom stereocenters. The zero-order valence-corrected chi connectivity index (χ0v) is 15.5. The Morgan fingerprint density at radius 1 is 1.07 bits per heavy atom. The highest BCUT2D eigenvalue weighted by molar-refractivity contribution is 5.98. The largest absolute Gasteiger partial charge is 0.465 e. The summed E-state index contributed by atoms with van der Waals surface area (Å²) in [5.74, 6) is 1.69. The Kier molecular flexibility index (Phi) is 5.23. The van der Waals surface area contributed by atoms with Gasteiger partial charge < -0.3 is 14.5 Å². The van der Waals surface area contributed by atoms with Crippen molar-refractivity contribution in [1.29, 1.82) is 0 Å². The minimum atomic E-state index is -0.0673. The number of morpholine rings is 1. The smallest absolute Gasteiger partial charge is 0.251 e. The van der Waals surface area contributed by atoms with Crippen LogP contribution in [0.2, 0.25) is 0 Å². The summed E-state index contributed by atoms with van der Waals surface area (Å²) in [6, 6.07) is 17.8. The molecule has 2 heterocycles. The quantitative estimate of drug-likeness (QED) is 0.752. The van der Waals surface area contributed by atoms with Crippen LogP contribution >= 0.6 is 0 Å². The van der Waals surface area contributed by atoms with E-state index in [4.69, 9.17) is 9.15 Å². The second kappa shape index (κ2) is 7.94. The van der Waals surface area contributed by atoms with Gasteiger partial charge in [0.25, 0.3) is 5.91 Å². The number of amides is 1. The molecule has 1 saturated heterocycles. The number of aryl methyl sites for hydroxylation is 1. The Labute approximate surface area is 158 Å². The summed E-state index contributed by atoms with van der Waals surface area (Å²) >= 11 is 0. The molecular formula is C22H24N2O3. The van der Waals surface area contributed by atoms with Crippen molar-refractivity contribution < 1.29 is 13.9 Å². The summed E-state index contributed by atoms with van der Waals surface area (Å²) in [5, 5.41) is 5.28. The van der Waals surface area contributed by atoms with Gasteiger partial charge in [0, 0.05) is 25.2 Å². The van der Waals surface area contributed by atoms with Gasteiger partial charge in [-0.3, -0.25) is 9.69 Å². The van der Waals surface area contributed by atoms with Gasteiger partial charge in [0.2, 0.25) is 0 Å². The van der Waals surface area contributed by atoms with Crippen LogP contribution < -0.4 is 5.32 Å². The minimum Gasteiger partial charge on any atom is -0.465 e. The van der Waals surface area contributed by atoms with E-state index in [9.17, 15) is 4.79 Å². The zero-order valence-electron chi connectivity index (χ0n) is 15.5. The average Bonchev–Trinajstić information content (AvgIpc) is 3.14. The highest BCUT2D eigenvalue weighted by Crippen LogP contribution is 2.23. The maximum atomic E-state index is 12.7. The van der Waals surface area contributed by atoms with Gasteiger partial charge in [0.1, 0.15) is 11.5 Å². The summed E-state index contributed by atoms with van der Waals surface area (Å²) in [5.41, 5.74) is 0.671. The summed E-state index contributed by atoms with van der Waals surface area (Å²) in [6.45, 7) is 5.50. The maximum Gasteiger partial charge on any atom is 0.251 e. The van der Waals surface area contributed by atoms with Gasteiger partial charge in [-0.25, -0.2) is 0 Å². The second-order valence-electron chi connectivity index (χ2n) is 6.88. The molecule has 5 heteroatoms. The van der Waals surface area contributed by atoms with Gasteiger partial charge in [0.05, 0.1) is 19.3 Å². The van der Waals surface area contributed by atoms with Crippen molar-refractivity contribution in [2.45, 2.75) is 13.0 Å². The van der Waals surface area contributed by atoms with E-state index in [0.29, 0.717) is 25.3 Å². The molecule has 0 radical (unpaired) electrons. The normalized spacial score (nSPS) is 16.3. The zero-order chi connectivity index (χ0) is 18.6. The number of furan rings is 1. The minimum absolute atomic E-state index is 0.00649. The fourth-order valence-corrected chi connectivity index (χ4v) is 3.55. The predicted molar refractivity (Wildman–Crippen MR) is 105 cm³/mol. The van der Waals surface area contributed by atoms with Gasteiger partial charge in [-0.2, -0.15) is 0 Å². The fraction of sp³-hybridized carbons (Fsp3) is 0.318. The van der Waals surface area contributed by atoms with E-state index in [1.165, 1.54) is 0 Å². The first-order chi connectivity index (χ1) is 13.2. The molecule has 0 saturated carbocycles. The third-order valence-corrected chi connectivity index (χ3v) is 5.04. The molecule has 1 aliphatic heterocycles. The number of hydrogen-bond donors (Lipinski definition) is 1. The Balaban J connectivity index is 1.49. The lowest BCUT2D eigenvalue weighted by Crippen LogP contribution is -2.43. The first-order valence-corrected chi connectivity index (χ1v) is 9.36. The number of hydrogen-bond acceptors (Lipinski definition) is 4. The van der Waals surface area contributed by atoms with E-state index in [-0.39, 0.29) is 11.9 Å². The van der Waals surface area contributed by atoms with Gasteiger partial charge in [-0.05, 0) is 42.0 Å². The second-order valence-corrected chi connectivity index (χ2v) is 6.88. The number of benzene rings is 2. The molecule has 1 aromatic heterocycles. The van der Waals surface area contributed by atoms with Crippen LogP contribution in [0, 0.1) is 6.92 Å². The molecule has 0 aliphatic carbocycles. The summed E-state index contributed by atoms with van der Waals surface area (Å²) < 4.78 is 11.3. The number of carbonyl (C=O) groups excluding carboxylic acids is 1. The lowest BCUT2D eigenvalue weighted by molar-refractivity contribution is 0.0117. The third kappa shape index (κ3) is 4.04. The van der Waals surface area contributed by atoms with Crippen LogP contribution in [0.15, 0.2) is 59.0 Å². The van der Waals surface area contributed by atoms with E-state index in [1.54, 1.807) is 0 Å². The number of ether oxygens (including phenoxy) is 1. The average molecular weight is 364 g/mol. The number of nitrogens with zero attached hydrogens (tertiary/aromatic N) is 1. The molecule has 2 aromatic carbocycles. The van der Waals surface area contributed by atoms with Crippen LogP contribution in [-0.2, 0) is 4.74 Å². The van der Waals surface area contributed by atoms with Crippen LogP contribution in [-0.4, -0.2) is 43.7 Å². The van der Waals surface area contributed by atoms with Gasteiger partial charge >= 0.3 is 0 Å². The highest BCUT2D eigenvalue weighted by atomic mass is 16.5. The number of rotatable bonds is 5. The molecule has 1 amide bonds. The van der Waals surface area contributed by atoms with E-state index < -0.39 is 0 Å². The molecule has 0 bridgehead atoms. The van der Waals surface area contributed by atoms with Crippen LogP contribution in [0.1, 0.15) is 27.9 Å². The van der Waals surface area contributed by atoms with E-state index in [2.05, 4.69) is 10.2 Å². The first kappa shape index (κ1) is 17.8. The van der Waals surface area contributed by atoms with Crippen molar-refractivity contribution in [2.24, 2.45) is 0 Å². The molecule has 1 fully saturated rings. The SMILES string of the molecule is Cc1ccc(C(CNC(=O)c2ccc3ccccc3c2)N2CCOCC2)o1. The summed E-state index contributed by atoms with van der Waals surface area (Å²) in [6.07, 6.45) is 0. The molecule has 5 nitrogen and oxygen atoms in total. The Morgan fingerprint density at radius 3 is 2.59 bits per heavy atom. The maximum absolute atomic E-state index is 12.7. The lowest BCUT2D eigenvalue weighted by Gasteiger charge is -2.33. The third-order valence-electron chi connectivity index (χ3n) is 5.04. The van der Waals surface area contributed by atoms with Crippen molar-refractivity contribution in [3.8, 4) is 0 Å².